The fourth-order valence-corrected chi connectivity index (χ4v) is 2.73. The van der Waals surface area contributed by atoms with Gasteiger partial charge >= 0.3 is 6.36 Å². The second-order valence-corrected chi connectivity index (χ2v) is 5.69. The van der Waals surface area contributed by atoms with Gasteiger partial charge in [0.05, 0.1) is 0 Å². The lowest BCUT2D eigenvalue weighted by molar-refractivity contribution is -0.274. The molecule has 1 aromatic carbocycles. The van der Waals surface area contributed by atoms with Crippen LogP contribution in [0.15, 0.2) is 30.4 Å². The molecule has 0 spiro atoms. The van der Waals surface area contributed by atoms with Crippen molar-refractivity contribution in [3.63, 3.8) is 0 Å². The van der Waals surface area contributed by atoms with Crippen molar-refractivity contribution < 1.29 is 22.3 Å². The van der Waals surface area contributed by atoms with Crippen molar-refractivity contribution in [1.29, 1.82) is 0 Å². The van der Waals surface area contributed by atoms with Crippen LogP contribution in [-0.4, -0.2) is 37.4 Å². The van der Waals surface area contributed by atoms with Crippen LogP contribution < -0.4 is 10.1 Å². The van der Waals surface area contributed by atoms with E-state index in [0.717, 1.165) is 36.9 Å². The number of piperazine rings is 1. The summed E-state index contributed by atoms with van der Waals surface area (Å²) in [4.78, 5) is 2.06. The van der Waals surface area contributed by atoms with Gasteiger partial charge in [-0.3, -0.25) is 4.90 Å². The first-order chi connectivity index (χ1) is 10.8. The van der Waals surface area contributed by atoms with Gasteiger partial charge in [-0.25, -0.2) is 4.39 Å². The summed E-state index contributed by atoms with van der Waals surface area (Å²) in [6.45, 7) is 8.58. The topological polar surface area (TPSA) is 24.5 Å². The molecule has 0 unspecified atom stereocenters. The highest BCUT2D eigenvalue weighted by Crippen LogP contribution is 2.33. The average Bonchev–Trinajstić information content (AvgIpc) is 2.46. The van der Waals surface area contributed by atoms with Crippen LogP contribution in [0.4, 0.5) is 17.6 Å². The van der Waals surface area contributed by atoms with Crippen molar-refractivity contribution in [2.24, 2.45) is 0 Å². The molecule has 1 heterocycles. The Hall–Kier alpha value is -1.02. The number of alkyl halides is 3. The lowest BCUT2D eigenvalue weighted by Gasteiger charge is -2.35. The highest BCUT2D eigenvalue weighted by molar-refractivity contribution is 5.85. The highest BCUT2D eigenvalue weighted by atomic mass is 35.5. The number of hydrogen-bond donors (Lipinski definition) is 1. The fourth-order valence-electron chi connectivity index (χ4n) is 2.73. The van der Waals surface area contributed by atoms with Gasteiger partial charge in [0.15, 0.2) is 0 Å². The third-order valence-electron chi connectivity index (χ3n) is 3.69. The molecule has 1 N–H and O–H groups in total. The Balaban J connectivity index is 0.00000288. The first-order valence-electron chi connectivity index (χ1n) is 7.40. The zero-order valence-electron chi connectivity index (χ0n) is 13.7. The molecule has 0 aromatic heterocycles. The molecule has 1 aromatic rings. The Kier molecular flexibility index (Phi) is 9.79. The van der Waals surface area contributed by atoms with Gasteiger partial charge in [-0.05, 0) is 31.5 Å². The smallest absolute Gasteiger partial charge is 0.406 e. The Labute approximate surface area is 157 Å². The number of hydrogen-bond acceptors (Lipinski definition) is 3. The maximum absolute atomic E-state index is 14.2. The van der Waals surface area contributed by atoms with E-state index in [0.29, 0.717) is 19.5 Å². The van der Waals surface area contributed by atoms with Crippen LogP contribution in [0, 0.1) is 5.82 Å². The SMILES string of the molecule is C=C(C)C[C@H](c1cc(OC(F)(F)F)ccc1F)N1CCNCC1.Cl.Cl. The molecule has 144 valence electrons. The molecule has 1 aliphatic rings. The molecule has 0 aliphatic carbocycles. The molecular weight excluding hydrogens is 383 g/mol. The molecule has 1 aliphatic heterocycles. The van der Waals surface area contributed by atoms with E-state index in [2.05, 4.69) is 21.5 Å². The summed E-state index contributed by atoms with van der Waals surface area (Å²) in [6, 6.07) is 2.79. The Morgan fingerprint density at radius 3 is 2.40 bits per heavy atom. The maximum atomic E-state index is 14.2. The Morgan fingerprint density at radius 1 is 1.28 bits per heavy atom. The van der Waals surface area contributed by atoms with Crippen LogP contribution >= 0.6 is 24.8 Å². The quantitative estimate of drug-likeness (QED) is 0.578. The van der Waals surface area contributed by atoms with Crippen molar-refractivity contribution in [2.75, 3.05) is 26.2 Å². The number of ether oxygens (including phenoxy) is 1. The molecule has 0 bridgehead atoms. The summed E-state index contributed by atoms with van der Waals surface area (Å²) in [5, 5.41) is 3.20. The number of nitrogens with zero attached hydrogens (tertiary/aromatic N) is 1. The Bertz CT molecular complexity index is 564. The monoisotopic (exact) mass is 404 g/mol. The van der Waals surface area contributed by atoms with Crippen molar-refractivity contribution in [3.05, 3.63) is 41.7 Å². The van der Waals surface area contributed by atoms with Crippen LogP contribution in [0.25, 0.3) is 0 Å². The average molecular weight is 405 g/mol. The molecule has 1 fully saturated rings. The number of halogens is 6. The van der Waals surface area contributed by atoms with Gasteiger partial charge in [-0.2, -0.15) is 0 Å². The van der Waals surface area contributed by atoms with Crippen LogP contribution in [0.2, 0.25) is 0 Å². The van der Waals surface area contributed by atoms with Gasteiger partial charge in [0, 0.05) is 37.8 Å². The molecule has 0 radical (unpaired) electrons. The summed E-state index contributed by atoms with van der Waals surface area (Å²) in [5.41, 5.74) is 1.05. The van der Waals surface area contributed by atoms with Gasteiger partial charge in [0.1, 0.15) is 11.6 Å². The van der Waals surface area contributed by atoms with Crippen LogP contribution in [0.3, 0.4) is 0 Å². The summed E-state index contributed by atoms with van der Waals surface area (Å²) < 4.78 is 55.3. The zero-order chi connectivity index (χ0) is 17.0. The molecule has 9 heteroatoms. The van der Waals surface area contributed by atoms with Gasteiger partial charge in [0.2, 0.25) is 0 Å². The Morgan fingerprint density at radius 2 is 1.88 bits per heavy atom. The molecule has 25 heavy (non-hydrogen) atoms. The normalized spacial score (nSPS) is 16.4. The number of rotatable bonds is 5. The van der Waals surface area contributed by atoms with Gasteiger partial charge in [-0.15, -0.1) is 44.6 Å². The van der Waals surface area contributed by atoms with E-state index >= 15 is 0 Å². The number of benzene rings is 1. The lowest BCUT2D eigenvalue weighted by Crippen LogP contribution is -2.45. The maximum Gasteiger partial charge on any atom is 0.573 e. The van der Waals surface area contributed by atoms with Crippen molar-refractivity contribution >= 4 is 24.8 Å². The summed E-state index contributed by atoms with van der Waals surface area (Å²) in [6.07, 6.45) is -4.32. The molecule has 3 nitrogen and oxygen atoms in total. The standard InChI is InChI=1S/C16H20F4N2O.2ClH/c1-11(2)9-15(22-7-5-21-6-8-22)13-10-12(3-4-14(13)17)23-16(18,19)20;;/h3-4,10,15,21H,1,5-9H2,2H3;2*1H/t15-;;/m1../s1. The van der Waals surface area contributed by atoms with E-state index in [9.17, 15) is 17.6 Å². The van der Waals surface area contributed by atoms with Crippen molar-refractivity contribution in [2.45, 2.75) is 25.7 Å². The third kappa shape index (κ3) is 7.40. The zero-order valence-corrected chi connectivity index (χ0v) is 15.4. The molecule has 2 rings (SSSR count). The first-order valence-corrected chi connectivity index (χ1v) is 7.40. The summed E-state index contributed by atoms with van der Waals surface area (Å²) >= 11 is 0. The van der Waals surface area contributed by atoms with E-state index in [1.165, 1.54) is 0 Å². The summed E-state index contributed by atoms with van der Waals surface area (Å²) in [7, 11) is 0. The van der Waals surface area contributed by atoms with Gasteiger partial charge < -0.3 is 10.1 Å². The molecule has 0 saturated carbocycles. The molecule has 1 atom stereocenters. The molecule has 0 amide bonds. The minimum absolute atomic E-state index is 0. The lowest BCUT2D eigenvalue weighted by atomic mass is 9.97. The minimum atomic E-state index is -4.80. The van der Waals surface area contributed by atoms with E-state index < -0.39 is 17.9 Å². The van der Waals surface area contributed by atoms with Crippen LogP contribution in [0.5, 0.6) is 5.75 Å². The van der Waals surface area contributed by atoms with E-state index in [-0.39, 0.29) is 36.4 Å². The van der Waals surface area contributed by atoms with E-state index in [1.54, 1.807) is 0 Å². The second kappa shape index (κ2) is 10.2. The molecular formula is C16H22Cl2F4N2O. The first kappa shape index (κ1) is 24.0. The largest absolute Gasteiger partial charge is 0.573 e. The summed E-state index contributed by atoms with van der Waals surface area (Å²) in [5.74, 6) is -0.944. The predicted octanol–water partition coefficient (Wildman–Crippen LogP) is 4.48. The van der Waals surface area contributed by atoms with E-state index in [1.807, 2.05) is 6.92 Å². The van der Waals surface area contributed by atoms with E-state index in [4.69, 9.17) is 0 Å². The molecule has 1 saturated heterocycles. The van der Waals surface area contributed by atoms with Crippen LogP contribution in [-0.2, 0) is 0 Å². The van der Waals surface area contributed by atoms with Crippen LogP contribution in [0.1, 0.15) is 24.9 Å². The van der Waals surface area contributed by atoms with Crippen molar-refractivity contribution in [3.8, 4) is 5.75 Å². The second-order valence-electron chi connectivity index (χ2n) is 5.69. The van der Waals surface area contributed by atoms with Crippen molar-refractivity contribution in [1.82, 2.24) is 10.2 Å². The number of nitrogens with one attached hydrogen (secondary N) is 1. The third-order valence-corrected chi connectivity index (χ3v) is 3.69. The predicted molar refractivity (Wildman–Crippen MR) is 94.2 cm³/mol. The highest BCUT2D eigenvalue weighted by Gasteiger charge is 2.32. The fraction of sp³-hybridized carbons (Fsp3) is 0.500. The minimum Gasteiger partial charge on any atom is -0.406 e. The van der Waals surface area contributed by atoms with Gasteiger partial charge in [0.25, 0.3) is 0 Å². The van der Waals surface area contributed by atoms with Gasteiger partial charge in [-0.1, -0.05) is 5.57 Å².